The van der Waals surface area contributed by atoms with Crippen molar-refractivity contribution in [2.75, 3.05) is 39.0 Å². The smallest absolute Gasteiger partial charge is 0.254 e. The minimum absolute atomic E-state index is 0.0844. The van der Waals surface area contributed by atoms with E-state index in [1.54, 1.807) is 24.0 Å². The average molecular weight is 580 g/mol. The molecular weight excluding hydrogens is 545 g/mol. The molecule has 0 spiro atoms. The van der Waals surface area contributed by atoms with Gasteiger partial charge in [-0.05, 0) is 79.4 Å². The molecule has 10 heteroatoms. The van der Waals surface area contributed by atoms with E-state index < -0.39 is 20.5 Å². The van der Waals surface area contributed by atoms with Crippen molar-refractivity contribution in [3.05, 3.63) is 82.7 Å². The SMILES string of the molecule is CCc1c(C(=O)N2CCOc3ccc(-c4ccc(C(=O)NCC5CCNC5)cc4)cc3C2)ccc(S(C)(=O)=O)c1F. The van der Waals surface area contributed by atoms with Crippen LogP contribution in [0.15, 0.2) is 59.5 Å². The number of fused-ring (bicyclic) bond motifs is 1. The molecule has 2 N–H and O–H groups in total. The Hall–Kier alpha value is -3.76. The molecule has 2 aliphatic rings. The van der Waals surface area contributed by atoms with Gasteiger partial charge in [0.1, 0.15) is 23.1 Å². The molecule has 1 saturated heterocycles. The second kappa shape index (κ2) is 12.0. The molecule has 3 aromatic carbocycles. The van der Waals surface area contributed by atoms with Crippen molar-refractivity contribution in [2.45, 2.75) is 31.2 Å². The fourth-order valence-electron chi connectivity index (χ4n) is 5.39. The van der Waals surface area contributed by atoms with Crippen LogP contribution in [0.25, 0.3) is 11.1 Å². The Labute approximate surface area is 239 Å². The predicted molar refractivity (Wildman–Crippen MR) is 154 cm³/mol. The Kier molecular flexibility index (Phi) is 8.42. The van der Waals surface area contributed by atoms with Crippen LogP contribution in [-0.4, -0.2) is 64.2 Å². The van der Waals surface area contributed by atoms with E-state index >= 15 is 4.39 Å². The molecule has 1 atom stereocenters. The fourth-order valence-corrected chi connectivity index (χ4v) is 6.16. The maximum Gasteiger partial charge on any atom is 0.254 e. The summed E-state index contributed by atoms with van der Waals surface area (Å²) < 4.78 is 45.0. The summed E-state index contributed by atoms with van der Waals surface area (Å²) in [5, 5.41) is 6.31. The highest BCUT2D eigenvalue weighted by Crippen LogP contribution is 2.31. The third-order valence-electron chi connectivity index (χ3n) is 7.71. The van der Waals surface area contributed by atoms with Gasteiger partial charge in [0.2, 0.25) is 0 Å². The molecule has 8 nitrogen and oxygen atoms in total. The van der Waals surface area contributed by atoms with Gasteiger partial charge >= 0.3 is 0 Å². The van der Waals surface area contributed by atoms with Gasteiger partial charge in [-0.3, -0.25) is 9.59 Å². The summed E-state index contributed by atoms with van der Waals surface area (Å²) in [4.78, 5) is 27.3. The van der Waals surface area contributed by atoms with Crippen LogP contribution in [0.4, 0.5) is 4.39 Å². The highest BCUT2D eigenvalue weighted by Gasteiger charge is 2.27. The van der Waals surface area contributed by atoms with Crippen LogP contribution < -0.4 is 15.4 Å². The van der Waals surface area contributed by atoms with Gasteiger partial charge in [0.25, 0.3) is 11.8 Å². The van der Waals surface area contributed by atoms with Gasteiger partial charge in [-0.25, -0.2) is 12.8 Å². The predicted octanol–water partition coefficient (Wildman–Crippen LogP) is 3.83. The molecule has 2 aliphatic heterocycles. The van der Waals surface area contributed by atoms with Crippen molar-refractivity contribution in [1.29, 1.82) is 0 Å². The summed E-state index contributed by atoms with van der Waals surface area (Å²) >= 11 is 0. The van der Waals surface area contributed by atoms with Gasteiger partial charge in [0.15, 0.2) is 9.84 Å². The first-order valence-electron chi connectivity index (χ1n) is 13.8. The van der Waals surface area contributed by atoms with Crippen molar-refractivity contribution < 1.29 is 27.1 Å². The first-order valence-corrected chi connectivity index (χ1v) is 15.7. The Morgan fingerprint density at radius 3 is 2.54 bits per heavy atom. The summed E-state index contributed by atoms with van der Waals surface area (Å²) in [5.74, 6) is -0.226. The minimum atomic E-state index is -3.77. The second-order valence-corrected chi connectivity index (χ2v) is 12.6. The lowest BCUT2D eigenvalue weighted by Crippen LogP contribution is -2.33. The minimum Gasteiger partial charge on any atom is -0.491 e. The zero-order valence-electron chi connectivity index (χ0n) is 23.2. The Bertz CT molecular complexity index is 1570. The summed E-state index contributed by atoms with van der Waals surface area (Å²) in [6.07, 6.45) is 2.19. The van der Waals surface area contributed by atoms with Gasteiger partial charge < -0.3 is 20.3 Å². The van der Waals surface area contributed by atoms with Crippen LogP contribution in [0.1, 0.15) is 45.2 Å². The number of nitrogens with one attached hydrogen (secondary N) is 2. The third-order valence-corrected chi connectivity index (χ3v) is 8.83. The summed E-state index contributed by atoms with van der Waals surface area (Å²) in [7, 11) is -3.77. The molecule has 5 rings (SSSR count). The van der Waals surface area contributed by atoms with Gasteiger partial charge in [0.05, 0.1) is 6.54 Å². The Morgan fingerprint density at radius 2 is 1.85 bits per heavy atom. The Morgan fingerprint density at radius 1 is 1.10 bits per heavy atom. The van der Waals surface area contributed by atoms with E-state index in [0.29, 0.717) is 30.3 Å². The second-order valence-electron chi connectivity index (χ2n) is 10.6. The average Bonchev–Trinajstić information content (AvgIpc) is 3.39. The van der Waals surface area contributed by atoms with E-state index in [2.05, 4.69) is 10.6 Å². The number of ether oxygens (including phenoxy) is 1. The zero-order valence-corrected chi connectivity index (χ0v) is 24.0. The molecule has 3 aromatic rings. The molecule has 0 aliphatic carbocycles. The van der Waals surface area contributed by atoms with E-state index in [1.165, 1.54) is 6.07 Å². The molecule has 0 bridgehead atoms. The molecule has 0 aromatic heterocycles. The quantitative estimate of drug-likeness (QED) is 0.441. The third kappa shape index (κ3) is 6.28. The van der Waals surface area contributed by atoms with Crippen LogP contribution in [0, 0.1) is 11.7 Å². The number of hydrogen-bond acceptors (Lipinski definition) is 6. The number of benzene rings is 3. The largest absolute Gasteiger partial charge is 0.491 e. The topological polar surface area (TPSA) is 105 Å². The highest BCUT2D eigenvalue weighted by atomic mass is 32.2. The molecular formula is C31H34FN3O5S. The maximum absolute atomic E-state index is 15.1. The van der Waals surface area contributed by atoms with Crippen LogP contribution >= 0.6 is 0 Å². The molecule has 0 saturated carbocycles. The van der Waals surface area contributed by atoms with Gasteiger partial charge in [-0.1, -0.05) is 25.1 Å². The number of halogens is 1. The van der Waals surface area contributed by atoms with Crippen LogP contribution in [0.3, 0.4) is 0 Å². The number of amides is 2. The first kappa shape index (κ1) is 28.8. The van der Waals surface area contributed by atoms with Gasteiger partial charge in [0, 0.05) is 41.6 Å². The van der Waals surface area contributed by atoms with E-state index in [1.807, 2.05) is 30.3 Å². The molecule has 1 unspecified atom stereocenters. The molecule has 0 radical (unpaired) electrons. The van der Waals surface area contributed by atoms with Gasteiger partial charge in [-0.15, -0.1) is 0 Å². The molecule has 2 amide bonds. The fraction of sp³-hybridized carbons (Fsp3) is 0.355. The molecule has 1 fully saturated rings. The highest BCUT2D eigenvalue weighted by molar-refractivity contribution is 7.90. The lowest BCUT2D eigenvalue weighted by molar-refractivity contribution is 0.0731. The normalized spacial score (nSPS) is 17.0. The number of carbonyl (C=O) groups is 2. The molecule has 41 heavy (non-hydrogen) atoms. The van der Waals surface area contributed by atoms with Crippen molar-refractivity contribution in [3.8, 4) is 16.9 Å². The zero-order chi connectivity index (χ0) is 29.1. The number of nitrogens with zero attached hydrogens (tertiary/aromatic N) is 1. The maximum atomic E-state index is 15.1. The van der Waals surface area contributed by atoms with Crippen molar-refractivity contribution in [1.82, 2.24) is 15.5 Å². The van der Waals surface area contributed by atoms with Crippen molar-refractivity contribution in [3.63, 3.8) is 0 Å². The summed E-state index contributed by atoms with van der Waals surface area (Å²) in [6, 6.07) is 15.7. The standard InChI is InChI=1S/C31H34FN3O5S/c1-3-25-26(9-11-28(29(25)32)41(2,38)39)31(37)35-14-15-40-27-10-8-23(16-24(27)19-35)21-4-6-22(7-5-21)30(36)34-18-20-12-13-33-17-20/h4-11,16,20,33H,3,12-15,17-19H2,1-2H3,(H,34,36). The summed E-state index contributed by atoms with van der Waals surface area (Å²) in [5.41, 5.74) is 3.44. The van der Waals surface area contributed by atoms with Crippen LogP contribution in [0.5, 0.6) is 5.75 Å². The number of hydrogen-bond donors (Lipinski definition) is 2. The molecule has 2 heterocycles. The lowest BCUT2D eigenvalue weighted by Gasteiger charge is -2.22. The monoisotopic (exact) mass is 579 g/mol. The van der Waals surface area contributed by atoms with Crippen LogP contribution in [0.2, 0.25) is 0 Å². The number of sulfone groups is 1. The van der Waals surface area contributed by atoms with E-state index in [9.17, 15) is 18.0 Å². The summed E-state index contributed by atoms with van der Waals surface area (Å²) in [6.45, 7) is 5.07. The number of carbonyl (C=O) groups excluding carboxylic acids is 2. The van der Waals surface area contributed by atoms with Crippen LogP contribution in [-0.2, 0) is 22.8 Å². The van der Waals surface area contributed by atoms with Gasteiger partial charge in [-0.2, -0.15) is 0 Å². The lowest BCUT2D eigenvalue weighted by atomic mass is 10.00. The molecule has 216 valence electrons. The van der Waals surface area contributed by atoms with E-state index in [0.717, 1.165) is 48.5 Å². The van der Waals surface area contributed by atoms with Crippen molar-refractivity contribution in [2.24, 2.45) is 5.92 Å². The van der Waals surface area contributed by atoms with Crippen molar-refractivity contribution >= 4 is 21.7 Å². The number of rotatable bonds is 7. The van der Waals surface area contributed by atoms with E-state index in [4.69, 9.17) is 4.74 Å². The Balaban J connectivity index is 1.34. The van der Waals surface area contributed by atoms with E-state index in [-0.39, 0.29) is 42.5 Å². The first-order chi connectivity index (χ1) is 19.7.